The molecule has 2 N–H and O–H groups in total. The van der Waals surface area contributed by atoms with Crippen LogP contribution < -0.4 is 11.3 Å². The predicted octanol–water partition coefficient (Wildman–Crippen LogP) is 2.96. The van der Waals surface area contributed by atoms with Crippen molar-refractivity contribution in [1.82, 2.24) is 4.57 Å². The van der Waals surface area contributed by atoms with Crippen molar-refractivity contribution in [3.63, 3.8) is 0 Å². The first-order chi connectivity index (χ1) is 12.7. The van der Waals surface area contributed by atoms with Crippen LogP contribution in [0.25, 0.3) is 0 Å². The van der Waals surface area contributed by atoms with Crippen LogP contribution in [0.2, 0.25) is 0 Å². The molecule has 26 heavy (non-hydrogen) atoms. The predicted molar refractivity (Wildman–Crippen MR) is 101 cm³/mol. The number of nitrogens with two attached hydrogens (primary N) is 1. The van der Waals surface area contributed by atoms with Gasteiger partial charge in [0.25, 0.3) is 5.56 Å². The molecule has 1 aliphatic rings. The van der Waals surface area contributed by atoms with Gasteiger partial charge in [-0.3, -0.25) is 4.79 Å². The highest BCUT2D eigenvalue weighted by atomic mass is 16.5. The van der Waals surface area contributed by atoms with E-state index in [2.05, 4.69) is 30.3 Å². The molecule has 0 spiro atoms. The van der Waals surface area contributed by atoms with Gasteiger partial charge in [0, 0.05) is 12.7 Å². The van der Waals surface area contributed by atoms with E-state index in [4.69, 9.17) is 15.7 Å². The van der Waals surface area contributed by atoms with Gasteiger partial charge >= 0.3 is 0 Å². The summed E-state index contributed by atoms with van der Waals surface area (Å²) in [6.07, 6.45) is 6.15. The van der Waals surface area contributed by atoms with Crippen molar-refractivity contribution in [3.8, 4) is 6.07 Å². The summed E-state index contributed by atoms with van der Waals surface area (Å²) in [6, 6.07) is 15.5. The van der Waals surface area contributed by atoms with Gasteiger partial charge in [-0.2, -0.15) is 5.26 Å². The van der Waals surface area contributed by atoms with Crippen molar-refractivity contribution in [2.45, 2.75) is 43.7 Å². The second-order valence-electron chi connectivity index (χ2n) is 6.85. The van der Waals surface area contributed by atoms with E-state index in [0.29, 0.717) is 19.1 Å². The molecule has 3 rings (SSSR count). The minimum absolute atomic E-state index is 0.134. The summed E-state index contributed by atoms with van der Waals surface area (Å²) in [5, 5.41) is 9.02. The Morgan fingerprint density at radius 3 is 2.54 bits per heavy atom. The van der Waals surface area contributed by atoms with E-state index >= 15 is 0 Å². The Labute approximate surface area is 154 Å². The van der Waals surface area contributed by atoms with Gasteiger partial charge in [0.05, 0.1) is 18.8 Å². The Balaban J connectivity index is 1.56. The second kappa shape index (κ2) is 8.79. The zero-order chi connectivity index (χ0) is 18.4. The standard InChI is InChI=1S/C21H25N3O2/c22-13-18-7-4-12-24(21(18)25)19(14-23)15-26-20-10-8-17(9-11-20)16-5-2-1-3-6-16/h1-7,12,17,19-20H,8-11,14-15,23H2. The van der Waals surface area contributed by atoms with E-state index in [1.807, 2.05) is 6.07 Å². The van der Waals surface area contributed by atoms with Crippen LogP contribution in [0, 0.1) is 11.3 Å². The van der Waals surface area contributed by atoms with E-state index in [-0.39, 0.29) is 23.3 Å². The summed E-state index contributed by atoms with van der Waals surface area (Å²) in [6.45, 7) is 0.695. The summed E-state index contributed by atoms with van der Waals surface area (Å²) < 4.78 is 7.60. The molecule has 0 amide bonds. The molecule has 1 aromatic carbocycles. The zero-order valence-electron chi connectivity index (χ0n) is 14.9. The largest absolute Gasteiger partial charge is 0.376 e. The number of ether oxygens (including phenoxy) is 1. The summed E-state index contributed by atoms with van der Waals surface area (Å²) in [5.41, 5.74) is 7.09. The quantitative estimate of drug-likeness (QED) is 0.867. The molecule has 0 radical (unpaired) electrons. The lowest BCUT2D eigenvalue weighted by Crippen LogP contribution is -2.34. The number of hydrogen-bond donors (Lipinski definition) is 1. The van der Waals surface area contributed by atoms with Crippen LogP contribution in [0.15, 0.2) is 53.5 Å². The Kier molecular flexibility index (Phi) is 6.21. The molecule has 1 saturated carbocycles. The number of nitriles is 1. The van der Waals surface area contributed by atoms with Crippen LogP contribution in [-0.2, 0) is 4.74 Å². The monoisotopic (exact) mass is 351 g/mol. The van der Waals surface area contributed by atoms with Gasteiger partial charge in [-0.15, -0.1) is 0 Å². The van der Waals surface area contributed by atoms with Gasteiger partial charge in [-0.1, -0.05) is 30.3 Å². The molecule has 1 heterocycles. The molecule has 1 fully saturated rings. The van der Waals surface area contributed by atoms with Crippen LogP contribution in [0.4, 0.5) is 0 Å². The molecule has 1 aliphatic carbocycles. The maximum atomic E-state index is 12.3. The topological polar surface area (TPSA) is 81.0 Å². The molecular formula is C21H25N3O2. The number of aromatic nitrogens is 1. The summed E-state index contributed by atoms with van der Waals surface area (Å²) in [7, 11) is 0. The second-order valence-corrected chi connectivity index (χ2v) is 6.85. The third-order valence-electron chi connectivity index (χ3n) is 5.23. The first kappa shape index (κ1) is 18.4. The molecule has 0 saturated heterocycles. The molecule has 5 heteroatoms. The fourth-order valence-corrected chi connectivity index (χ4v) is 3.68. The molecule has 0 aliphatic heterocycles. The number of pyridine rings is 1. The minimum Gasteiger partial charge on any atom is -0.376 e. The van der Waals surface area contributed by atoms with Gasteiger partial charge in [0.2, 0.25) is 0 Å². The first-order valence-electron chi connectivity index (χ1n) is 9.20. The molecule has 136 valence electrons. The van der Waals surface area contributed by atoms with Crippen LogP contribution in [0.1, 0.15) is 48.8 Å². The smallest absolute Gasteiger partial charge is 0.268 e. The zero-order valence-corrected chi connectivity index (χ0v) is 14.9. The van der Waals surface area contributed by atoms with E-state index < -0.39 is 0 Å². The summed E-state index contributed by atoms with van der Waals surface area (Å²) in [5.74, 6) is 0.608. The number of hydrogen-bond acceptors (Lipinski definition) is 4. The number of nitrogens with zero attached hydrogens (tertiary/aromatic N) is 2. The summed E-state index contributed by atoms with van der Waals surface area (Å²) >= 11 is 0. The van der Waals surface area contributed by atoms with Gasteiger partial charge in [0.15, 0.2) is 0 Å². The van der Waals surface area contributed by atoms with Crippen LogP contribution >= 0.6 is 0 Å². The highest BCUT2D eigenvalue weighted by molar-refractivity contribution is 5.25. The fourth-order valence-electron chi connectivity index (χ4n) is 3.68. The first-order valence-corrected chi connectivity index (χ1v) is 9.20. The van der Waals surface area contributed by atoms with Gasteiger partial charge in [-0.25, -0.2) is 0 Å². The van der Waals surface area contributed by atoms with Crippen molar-refractivity contribution in [2.75, 3.05) is 13.2 Å². The minimum atomic E-state index is -0.304. The Hall–Kier alpha value is -2.42. The lowest BCUT2D eigenvalue weighted by atomic mass is 9.83. The SMILES string of the molecule is N#Cc1cccn(C(CN)COC2CCC(c3ccccc3)CC2)c1=O. The van der Waals surface area contributed by atoms with Crippen molar-refractivity contribution in [3.05, 3.63) is 70.1 Å². The highest BCUT2D eigenvalue weighted by Crippen LogP contribution is 2.34. The number of rotatable bonds is 6. The van der Waals surface area contributed by atoms with Crippen molar-refractivity contribution < 1.29 is 4.74 Å². The van der Waals surface area contributed by atoms with Gasteiger partial charge in [-0.05, 0) is 49.3 Å². The van der Waals surface area contributed by atoms with Gasteiger partial charge < -0.3 is 15.0 Å². The normalized spacial score (nSPS) is 21.1. The fraction of sp³-hybridized carbons (Fsp3) is 0.429. The van der Waals surface area contributed by atoms with Crippen molar-refractivity contribution >= 4 is 0 Å². The van der Waals surface area contributed by atoms with E-state index in [0.717, 1.165) is 25.7 Å². The van der Waals surface area contributed by atoms with Crippen molar-refractivity contribution in [2.24, 2.45) is 5.73 Å². The Bertz CT molecular complexity index is 802. The molecule has 1 atom stereocenters. The maximum absolute atomic E-state index is 12.3. The lowest BCUT2D eigenvalue weighted by Gasteiger charge is -2.30. The van der Waals surface area contributed by atoms with E-state index in [9.17, 15) is 4.79 Å². The third kappa shape index (κ3) is 4.21. The van der Waals surface area contributed by atoms with E-state index in [1.54, 1.807) is 12.3 Å². The molecular weight excluding hydrogens is 326 g/mol. The maximum Gasteiger partial charge on any atom is 0.268 e. The molecule has 0 bridgehead atoms. The average Bonchev–Trinajstić information content (AvgIpc) is 2.70. The van der Waals surface area contributed by atoms with Gasteiger partial charge in [0.1, 0.15) is 11.6 Å². The van der Waals surface area contributed by atoms with Crippen LogP contribution in [0.5, 0.6) is 0 Å². The molecule has 1 aromatic heterocycles. The third-order valence-corrected chi connectivity index (χ3v) is 5.23. The Morgan fingerprint density at radius 2 is 1.88 bits per heavy atom. The van der Waals surface area contributed by atoms with Crippen molar-refractivity contribution in [1.29, 1.82) is 5.26 Å². The van der Waals surface area contributed by atoms with Crippen LogP contribution in [0.3, 0.4) is 0 Å². The molecule has 5 nitrogen and oxygen atoms in total. The van der Waals surface area contributed by atoms with E-state index in [1.165, 1.54) is 16.2 Å². The Morgan fingerprint density at radius 1 is 1.15 bits per heavy atom. The van der Waals surface area contributed by atoms with Crippen LogP contribution in [-0.4, -0.2) is 23.8 Å². The number of benzene rings is 1. The highest BCUT2D eigenvalue weighted by Gasteiger charge is 2.24. The average molecular weight is 351 g/mol. The molecule has 1 unspecified atom stereocenters. The molecule has 2 aromatic rings. The lowest BCUT2D eigenvalue weighted by molar-refractivity contribution is 0.00786. The summed E-state index contributed by atoms with van der Waals surface area (Å²) in [4.78, 5) is 12.3.